The average molecular weight is 549 g/mol. The maximum atomic E-state index is 13.1. The summed E-state index contributed by atoms with van der Waals surface area (Å²) in [4.78, 5) is 13.1. The topological polar surface area (TPSA) is 236 Å². The second-order valence-corrected chi connectivity index (χ2v) is 9.97. The van der Waals surface area contributed by atoms with Crippen LogP contribution in [-0.2, 0) is 9.47 Å². The van der Waals surface area contributed by atoms with Gasteiger partial charge in [-0.3, -0.25) is 4.79 Å². The molecule has 0 aliphatic carbocycles. The molecule has 14 nitrogen and oxygen atoms in total. The van der Waals surface area contributed by atoms with Gasteiger partial charge in [0, 0.05) is 18.4 Å². The molecule has 2 aliphatic heterocycles. The summed E-state index contributed by atoms with van der Waals surface area (Å²) in [6.45, 7) is 3.76. The van der Waals surface area contributed by atoms with Gasteiger partial charge >= 0.3 is 0 Å². The van der Waals surface area contributed by atoms with Gasteiger partial charge in [-0.05, 0) is 5.92 Å². The van der Waals surface area contributed by atoms with Crippen molar-refractivity contribution in [1.82, 2.24) is 0 Å². The molecular weight excluding hydrogens is 512 g/mol. The van der Waals surface area contributed by atoms with Crippen molar-refractivity contribution in [3.63, 3.8) is 0 Å². The van der Waals surface area contributed by atoms with E-state index in [1.807, 2.05) is 0 Å². The molecule has 0 bridgehead atoms. The number of phenols is 2. The van der Waals surface area contributed by atoms with Gasteiger partial charge in [-0.25, -0.2) is 0 Å². The number of hydrogen-bond donors (Lipinski definition) is 9. The maximum Gasteiger partial charge on any atom is 0.229 e. The summed E-state index contributed by atoms with van der Waals surface area (Å²) < 4.78 is 21.8. The lowest BCUT2D eigenvalue weighted by Crippen LogP contribution is -2.60. The third-order valence-electron chi connectivity index (χ3n) is 6.64. The number of rotatable bonds is 9. The number of phenolic OH excluding ortho intramolecular Hbond substituents is 2. The Hall–Kier alpha value is -2.27. The molecule has 0 aromatic heterocycles. The van der Waals surface area contributed by atoms with E-state index in [-0.39, 0.29) is 12.3 Å². The first-order chi connectivity index (χ1) is 17.8. The van der Waals surface area contributed by atoms with Crippen LogP contribution in [0, 0.1) is 11.8 Å². The number of aliphatic hydroxyl groups excluding tert-OH is 7. The second-order valence-electron chi connectivity index (χ2n) is 9.97. The summed E-state index contributed by atoms with van der Waals surface area (Å²) in [5, 5.41) is 91.6. The number of carbonyl (C=O) groups excluding carboxylic acids is 1. The molecule has 3 rings (SSSR count). The Morgan fingerprint density at radius 2 is 1.42 bits per heavy atom. The first-order valence-electron chi connectivity index (χ1n) is 12.2. The summed E-state index contributed by atoms with van der Waals surface area (Å²) in [6.07, 6.45) is -14.1. The van der Waals surface area contributed by atoms with E-state index >= 15 is 0 Å². The molecule has 0 saturated carbocycles. The molecule has 2 heterocycles. The third-order valence-corrected chi connectivity index (χ3v) is 6.64. The van der Waals surface area contributed by atoms with Crippen LogP contribution < -0.4 is 9.47 Å². The van der Waals surface area contributed by atoms with E-state index in [0.29, 0.717) is 0 Å². The van der Waals surface area contributed by atoms with E-state index < -0.39 is 109 Å². The van der Waals surface area contributed by atoms with E-state index in [9.17, 15) is 50.8 Å². The van der Waals surface area contributed by atoms with Gasteiger partial charge < -0.3 is 64.9 Å². The first-order valence-corrected chi connectivity index (χ1v) is 12.2. The number of ketones is 1. The molecule has 2 fully saturated rings. The van der Waals surface area contributed by atoms with Crippen molar-refractivity contribution in [1.29, 1.82) is 0 Å². The maximum absolute atomic E-state index is 13.1. The van der Waals surface area contributed by atoms with Gasteiger partial charge in [0.25, 0.3) is 0 Å². The van der Waals surface area contributed by atoms with Gasteiger partial charge in [-0.2, -0.15) is 0 Å². The van der Waals surface area contributed by atoms with Gasteiger partial charge in [0.1, 0.15) is 41.8 Å². The Morgan fingerprint density at radius 3 is 2.00 bits per heavy atom. The fourth-order valence-electron chi connectivity index (χ4n) is 4.35. The summed E-state index contributed by atoms with van der Waals surface area (Å²) in [7, 11) is 0. The van der Waals surface area contributed by atoms with E-state index in [4.69, 9.17) is 18.9 Å². The predicted molar refractivity (Wildman–Crippen MR) is 126 cm³/mol. The zero-order valence-corrected chi connectivity index (χ0v) is 21.1. The molecule has 1 aromatic carbocycles. The number of carbonyl (C=O) groups is 1. The lowest BCUT2D eigenvalue weighted by molar-refractivity contribution is -0.277. The number of hydrogen-bond acceptors (Lipinski definition) is 14. The summed E-state index contributed by atoms with van der Waals surface area (Å²) >= 11 is 0. The predicted octanol–water partition coefficient (Wildman–Crippen LogP) is -2.04. The number of aliphatic hydroxyl groups is 7. The minimum absolute atomic E-state index is 0.0960. The fraction of sp³-hybridized carbons (Fsp3) is 0.708. The van der Waals surface area contributed by atoms with Crippen molar-refractivity contribution in [2.45, 2.75) is 82.5 Å². The average Bonchev–Trinajstić information content (AvgIpc) is 2.86. The molecule has 9 N–H and O–H groups in total. The molecule has 2 aliphatic rings. The van der Waals surface area contributed by atoms with Crippen molar-refractivity contribution in [2.75, 3.05) is 13.2 Å². The molecule has 0 unspecified atom stereocenters. The van der Waals surface area contributed by atoms with Crippen LogP contribution in [0.25, 0.3) is 0 Å². The van der Waals surface area contributed by atoms with E-state index in [1.165, 1.54) is 0 Å². The Labute approximate surface area is 218 Å². The van der Waals surface area contributed by atoms with Gasteiger partial charge in [0.15, 0.2) is 17.3 Å². The Kier molecular flexibility index (Phi) is 9.78. The molecule has 14 heteroatoms. The quantitative estimate of drug-likeness (QED) is 0.151. The van der Waals surface area contributed by atoms with Crippen molar-refractivity contribution in [2.24, 2.45) is 11.8 Å². The largest absolute Gasteiger partial charge is 0.504 e. The molecular formula is C24H36O14. The highest BCUT2D eigenvalue weighted by Crippen LogP contribution is 2.46. The summed E-state index contributed by atoms with van der Waals surface area (Å²) in [6, 6.07) is 0.876. The molecule has 2 saturated heterocycles. The van der Waals surface area contributed by atoms with Crippen molar-refractivity contribution in [3.8, 4) is 23.0 Å². The standard InChI is InChI=1S/C24H36O14/c1-8(2)4-10(27)15-12(35-23-20(33)16(29)9(3)13(6-25)36-23)5-11(28)22(18(15)31)38-24-21(34)19(32)17(30)14(7-26)37-24/h5,8-9,13-14,16-17,19-21,23-26,28-34H,4,6-7H2,1-3H3/t9-,13-,14-,16+,17-,19+,20-,21-,23-,24-/m1/s1. The highest BCUT2D eigenvalue weighted by Gasteiger charge is 2.46. The highest BCUT2D eigenvalue weighted by atomic mass is 16.7. The van der Waals surface area contributed by atoms with E-state index in [2.05, 4.69) is 0 Å². The molecule has 0 spiro atoms. The zero-order valence-electron chi connectivity index (χ0n) is 21.1. The van der Waals surface area contributed by atoms with Gasteiger partial charge in [0.05, 0.1) is 25.4 Å². The van der Waals surface area contributed by atoms with Crippen LogP contribution >= 0.6 is 0 Å². The lowest BCUT2D eigenvalue weighted by Gasteiger charge is -2.41. The SMILES string of the molecule is CC(C)CC(=O)c1c(O[C@@H]2O[C@H](CO)[C@@H](C)[C@H](O)[C@H]2O)cc(O)c(O[C@H]2O[C@H](CO)[C@@H](O)[C@H](O)[C@H]2O)c1O. The van der Waals surface area contributed by atoms with Gasteiger partial charge in [-0.1, -0.05) is 20.8 Å². The lowest BCUT2D eigenvalue weighted by atomic mass is 9.91. The van der Waals surface area contributed by atoms with Crippen LogP contribution in [0.3, 0.4) is 0 Å². The smallest absolute Gasteiger partial charge is 0.229 e. The van der Waals surface area contributed by atoms with Crippen LogP contribution in [0.1, 0.15) is 37.6 Å². The molecule has 38 heavy (non-hydrogen) atoms. The highest BCUT2D eigenvalue weighted by molar-refractivity contribution is 6.02. The number of ether oxygens (including phenoxy) is 4. The zero-order chi connectivity index (χ0) is 28.5. The van der Waals surface area contributed by atoms with Crippen molar-refractivity contribution >= 4 is 5.78 Å². The Bertz CT molecular complexity index is 966. The van der Waals surface area contributed by atoms with E-state index in [1.54, 1.807) is 20.8 Å². The van der Waals surface area contributed by atoms with Crippen molar-refractivity contribution in [3.05, 3.63) is 11.6 Å². The van der Waals surface area contributed by atoms with Crippen LogP contribution in [0.4, 0.5) is 0 Å². The van der Waals surface area contributed by atoms with Crippen LogP contribution in [0.5, 0.6) is 23.0 Å². The van der Waals surface area contributed by atoms with Crippen LogP contribution in [0.15, 0.2) is 6.07 Å². The Balaban J connectivity index is 2.00. The molecule has 0 amide bonds. The van der Waals surface area contributed by atoms with Gasteiger partial charge in [0.2, 0.25) is 18.3 Å². The van der Waals surface area contributed by atoms with E-state index in [0.717, 1.165) is 6.07 Å². The summed E-state index contributed by atoms with van der Waals surface area (Å²) in [5.41, 5.74) is -0.486. The number of aromatic hydroxyl groups is 2. The fourth-order valence-corrected chi connectivity index (χ4v) is 4.35. The molecule has 10 atom stereocenters. The van der Waals surface area contributed by atoms with Crippen molar-refractivity contribution < 1.29 is 69.7 Å². The number of Topliss-reactive ketones (excluding diaryl/α,β-unsaturated/α-hetero) is 1. The molecule has 0 radical (unpaired) electrons. The summed E-state index contributed by atoms with van der Waals surface area (Å²) in [5.74, 6) is -4.42. The van der Waals surface area contributed by atoms with Crippen LogP contribution in [-0.4, -0.2) is 120 Å². The Morgan fingerprint density at radius 1 is 0.868 bits per heavy atom. The number of benzene rings is 1. The normalized spacial score (nSPS) is 35.8. The second kappa shape index (κ2) is 12.3. The van der Waals surface area contributed by atoms with Gasteiger partial charge in [-0.15, -0.1) is 0 Å². The third kappa shape index (κ3) is 5.98. The minimum atomic E-state index is -1.87. The molecule has 1 aromatic rings. The minimum Gasteiger partial charge on any atom is -0.504 e. The van der Waals surface area contributed by atoms with Crippen LogP contribution in [0.2, 0.25) is 0 Å². The first kappa shape index (κ1) is 30.3. The monoisotopic (exact) mass is 548 g/mol. The molecule has 216 valence electrons.